The molecule has 2 aromatic heterocycles. The van der Waals surface area contributed by atoms with E-state index < -0.39 is 0 Å². The highest BCUT2D eigenvalue weighted by molar-refractivity contribution is 7.97. The number of carbonyl (C=O) groups excluding carboxylic acids is 1. The van der Waals surface area contributed by atoms with Crippen molar-refractivity contribution in [3.8, 4) is 0 Å². The van der Waals surface area contributed by atoms with Gasteiger partial charge in [0, 0.05) is 39.5 Å². The lowest BCUT2D eigenvalue weighted by Crippen LogP contribution is -2.28. The molecule has 0 radical (unpaired) electrons. The molecule has 5 heteroatoms. The van der Waals surface area contributed by atoms with E-state index in [2.05, 4.69) is 58.3 Å². The molecule has 128 valence electrons. The van der Waals surface area contributed by atoms with Crippen LogP contribution in [0.1, 0.15) is 41.0 Å². The summed E-state index contributed by atoms with van der Waals surface area (Å²) >= 11 is 1.91. The molecular weight excluding hydrogens is 342 g/mol. The van der Waals surface area contributed by atoms with Crippen molar-refractivity contribution in [2.75, 3.05) is 0 Å². The Bertz CT molecular complexity index is 1380. The topological polar surface area (TPSA) is 39.0 Å². The molecule has 3 aromatic rings. The van der Waals surface area contributed by atoms with Crippen molar-refractivity contribution in [2.45, 2.75) is 32.1 Å². The molecule has 6 rings (SSSR count). The number of thioether (sulfide) groups is 1. The number of hydrogen-bond donors (Lipinski definition) is 1. The Labute approximate surface area is 154 Å². The van der Waals surface area contributed by atoms with Gasteiger partial charge < -0.3 is 14.5 Å². The molecule has 0 atom stereocenters. The molecule has 3 aliphatic rings. The van der Waals surface area contributed by atoms with E-state index in [9.17, 15) is 4.79 Å². The third-order valence-corrected chi connectivity index (χ3v) is 6.75. The zero-order chi connectivity index (χ0) is 17.6. The van der Waals surface area contributed by atoms with Crippen molar-refractivity contribution in [3.63, 3.8) is 0 Å². The van der Waals surface area contributed by atoms with Crippen LogP contribution in [0.5, 0.6) is 0 Å². The van der Waals surface area contributed by atoms with E-state index in [1.54, 1.807) is 0 Å². The zero-order valence-corrected chi connectivity index (χ0v) is 15.5. The van der Waals surface area contributed by atoms with Crippen LogP contribution in [0.25, 0.3) is 46.1 Å². The third kappa shape index (κ3) is 1.45. The van der Waals surface area contributed by atoms with Gasteiger partial charge in [-0.2, -0.15) is 0 Å². The molecule has 1 aliphatic carbocycles. The van der Waals surface area contributed by atoms with Gasteiger partial charge in [-0.15, -0.1) is 17.5 Å². The van der Waals surface area contributed by atoms with Gasteiger partial charge in [0.15, 0.2) is 0 Å². The maximum absolute atomic E-state index is 12.8. The molecule has 26 heavy (non-hydrogen) atoms. The summed E-state index contributed by atoms with van der Waals surface area (Å²) < 4.78 is 4.81. The number of nitrogens with one attached hydrogen (secondary N) is 1. The second kappa shape index (κ2) is 4.76. The third-order valence-electron chi connectivity index (χ3n) is 5.87. The number of rotatable bonds is 0. The SMILES string of the molecule is C/C=c1\c(=C/C)n2c3c1c1c(c4c5c(n(c43)CSC2)C=C=C5)CNC1=O. The molecule has 0 spiro atoms. The lowest BCUT2D eigenvalue weighted by atomic mass is 9.97. The first-order valence-electron chi connectivity index (χ1n) is 8.90. The van der Waals surface area contributed by atoms with Crippen LogP contribution in [0, 0.1) is 0 Å². The van der Waals surface area contributed by atoms with Crippen molar-refractivity contribution in [1.82, 2.24) is 14.5 Å². The smallest absolute Gasteiger partial charge is 0.252 e. The van der Waals surface area contributed by atoms with Crippen molar-refractivity contribution < 1.29 is 4.79 Å². The predicted molar refractivity (Wildman–Crippen MR) is 108 cm³/mol. The highest BCUT2D eigenvalue weighted by atomic mass is 32.2. The highest BCUT2D eigenvalue weighted by Crippen LogP contribution is 2.42. The van der Waals surface area contributed by atoms with Crippen molar-refractivity contribution >= 4 is 63.8 Å². The maximum Gasteiger partial charge on any atom is 0.252 e. The van der Waals surface area contributed by atoms with Gasteiger partial charge in [0.05, 0.1) is 34.0 Å². The lowest BCUT2D eigenvalue weighted by Gasteiger charge is -2.07. The van der Waals surface area contributed by atoms with Crippen molar-refractivity contribution in [1.29, 1.82) is 0 Å². The first kappa shape index (κ1) is 14.5. The number of carbonyl (C=O) groups is 1. The van der Waals surface area contributed by atoms with Gasteiger partial charge in [0.25, 0.3) is 5.91 Å². The van der Waals surface area contributed by atoms with Crippen molar-refractivity contribution in [2.24, 2.45) is 0 Å². The van der Waals surface area contributed by atoms with Crippen LogP contribution in [-0.4, -0.2) is 15.0 Å². The first-order valence-corrected chi connectivity index (χ1v) is 10.1. The molecular formula is C21H17N3OS. The molecule has 0 bridgehead atoms. The molecule has 2 aliphatic heterocycles. The van der Waals surface area contributed by atoms with Gasteiger partial charge in [0.2, 0.25) is 0 Å². The second-order valence-corrected chi connectivity index (χ2v) is 7.86. The van der Waals surface area contributed by atoms with Gasteiger partial charge in [0.1, 0.15) is 0 Å². The average Bonchev–Trinajstić information content (AvgIpc) is 3.35. The summed E-state index contributed by atoms with van der Waals surface area (Å²) in [5, 5.41) is 7.81. The molecule has 1 amide bonds. The average molecular weight is 359 g/mol. The summed E-state index contributed by atoms with van der Waals surface area (Å²) in [6.07, 6.45) is 8.48. The molecule has 1 aromatic carbocycles. The Morgan fingerprint density at radius 3 is 2.73 bits per heavy atom. The normalized spacial score (nSPS) is 18.5. The summed E-state index contributed by atoms with van der Waals surface area (Å²) in [6.45, 7) is 4.76. The predicted octanol–water partition coefficient (Wildman–Crippen LogP) is 2.74. The monoisotopic (exact) mass is 359 g/mol. The minimum Gasteiger partial charge on any atom is -0.348 e. The van der Waals surface area contributed by atoms with E-state index in [-0.39, 0.29) is 5.91 Å². The fourth-order valence-electron chi connectivity index (χ4n) is 4.93. The van der Waals surface area contributed by atoms with E-state index in [0.29, 0.717) is 6.54 Å². The zero-order valence-electron chi connectivity index (χ0n) is 14.6. The van der Waals surface area contributed by atoms with Crippen LogP contribution in [0.15, 0.2) is 5.73 Å². The fourth-order valence-corrected chi connectivity index (χ4v) is 5.91. The summed E-state index contributed by atoms with van der Waals surface area (Å²) in [5.41, 5.74) is 10.2. The summed E-state index contributed by atoms with van der Waals surface area (Å²) in [6, 6.07) is 0. The van der Waals surface area contributed by atoms with Gasteiger partial charge in [-0.1, -0.05) is 12.2 Å². The standard InChI is InChI=1S/C21H17N3OS/c1-3-11-14(4-2)23-9-26-10-24-15-7-5-6-12(15)16-13-8-22-21(25)18(13)17(11)20(23)19(16)24/h3-4,6-7H,8-10H2,1-2H3,(H,22,25)/b11-3+,14-4+. The van der Waals surface area contributed by atoms with Gasteiger partial charge in [-0.05, 0) is 25.5 Å². The van der Waals surface area contributed by atoms with E-state index >= 15 is 0 Å². The van der Waals surface area contributed by atoms with E-state index in [1.165, 1.54) is 38.2 Å². The second-order valence-electron chi connectivity index (χ2n) is 6.93. The summed E-state index contributed by atoms with van der Waals surface area (Å²) in [7, 11) is 0. The lowest BCUT2D eigenvalue weighted by molar-refractivity contribution is 0.0967. The van der Waals surface area contributed by atoms with Crippen LogP contribution in [0.3, 0.4) is 0 Å². The quantitative estimate of drug-likeness (QED) is 0.491. The minimum absolute atomic E-state index is 0.0538. The molecule has 4 nitrogen and oxygen atoms in total. The highest BCUT2D eigenvalue weighted by Gasteiger charge is 2.33. The van der Waals surface area contributed by atoms with E-state index in [1.807, 2.05) is 11.8 Å². The van der Waals surface area contributed by atoms with Crippen LogP contribution >= 0.6 is 11.8 Å². The van der Waals surface area contributed by atoms with Crippen molar-refractivity contribution in [3.05, 3.63) is 38.7 Å². The number of nitrogens with zero attached hydrogens (tertiary/aromatic N) is 2. The van der Waals surface area contributed by atoms with Gasteiger partial charge in [-0.25, -0.2) is 0 Å². The number of benzene rings is 1. The molecule has 4 heterocycles. The number of fused-ring (bicyclic) bond motifs is 6. The van der Waals surface area contributed by atoms with Gasteiger partial charge >= 0.3 is 0 Å². The number of aromatic nitrogens is 2. The van der Waals surface area contributed by atoms with Crippen LogP contribution < -0.4 is 15.9 Å². The molecule has 0 saturated heterocycles. The maximum atomic E-state index is 12.8. The minimum atomic E-state index is 0.0538. The molecule has 0 saturated carbocycles. The first-order chi connectivity index (χ1) is 12.8. The van der Waals surface area contributed by atoms with Crippen LogP contribution in [0.4, 0.5) is 0 Å². The van der Waals surface area contributed by atoms with Crippen LogP contribution in [-0.2, 0) is 18.3 Å². The van der Waals surface area contributed by atoms with Crippen LogP contribution in [0.2, 0.25) is 0 Å². The fraction of sp³-hybridized carbons (Fsp3) is 0.238. The van der Waals surface area contributed by atoms with E-state index in [0.717, 1.165) is 28.3 Å². The Morgan fingerprint density at radius 2 is 1.92 bits per heavy atom. The van der Waals surface area contributed by atoms with E-state index in [4.69, 9.17) is 0 Å². The molecule has 1 N–H and O–H groups in total. The summed E-state index contributed by atoms with van der Waals surface area (Å²) in [5.74, 6) is 1.87. The molecule has 0 unspecified atom stereocenters. The summed E-state index contributed by atoms with van der Waals surface area (Å²) in [4.78, 5) is 12.8. The largest absolute Gasteiger partial charge is 0.348 e. The Hall–Kier alpha value is -2.62. The van der Waals surface area contributed by atoms with Gasteiger partial charge in [-0.3, -0.25) is 4.79 Å². The number of hydrogen-bond acceptors (Lipinski definition) is 2. The Kier molecular flexibility index (Phi) is 2.66. The Balaban J connectivity index is 2.06. The number of amides is 1. The molecule has 0 fully saturated rings. The Morgan fingerprint density at radius 1 is 1.12 bits per heavy atom.